The molecule has 2 aliphatic heterocycles. The summed E-state index contributed by atoms with van der Waals surface area (Å²) in [6.07, 6.45) is 3.20. The van der Waals surface area contributed by atoms with Crippen LogP contribution in [0.15, 0.2) is 4.99 Å². The second-order valence-corrected chi connectivity index (χ2v) is 4.41. The average molecular weight is 196 g/mol. The third kappa shape index (κ3) is 1.80. The Hall–Kier alpha value is -0.900. The maximum Gasteiger partial charge on any atom is 0.252 e. The van der Waals surface area contributed by atoms with Crippen molar-refractivity contribution in [3.05, 3.63) is 0 Å². The van der Waals surface area contributed by atoms with E-state index in [0.717, 1.165) is 31.7 Å². The Bertz CT molecular complexity index is 278. The van der Waals surface area contributed by atoms with Crippen molar-refractivity contribution in [2.24, 2.45) is 4.99 Å². The standard InChI is InChI=1S/C10H16N2O2/c1-10(2)9(13)11-8(12-10)6-7-4-3-5-14-7/h7H,3-6H2,1-2H3,(H,11,12,13). The summed E-state index contributed by atoms with van der Waals surface area (Å²) in [5, 5.41) is 2.80. The van der Waals surface area contributed by atoms with E-state index >= 15 is 0 Å². The number of nitrogens with one attached hydrogen (secondary N) is 1. The van der Waals surface area contributed by atoms with Crippen molar-refractivity contribution in [1.29, 1.82) is 0 Å². The molecule has 0 aromatic carbocycles. The molecule has 1 amide bonds. The molecule has 1 unspecified atom stereocenters. The molecule has 2 rings (SSSR count). The molecule has 0 aromatic heterocycles. The molecule has 1 fully saturated rings. The predicted molar refractivity (Wildman–Crippen MR) is 53.2 cm³/mol. The van der Waals surface area contributed by atoms with Crippen LogP contribution in [0.4, 0.5) is 0 Å². The Morgan fingerprint density at radius 3 is 2.93 bits per heavy atom. The van der Waals surface area contributed by atoms with Gasteiger partial charge in [-0.1, -0.05) is 0 Å². The lowest BCUT2D eigenvalue weighted by atomic mass is 10.1. The number of hydrogen-bond acceptors (Lipinski definition) is 3. The van der Waals surface area contributed by atoms with Gasteiger partial charge in [0.25, 0.3) is 5.91 Å². The van der Waals surface area contributed by atoms with Crippen molar-refractivity contribution in [2.45, 2.75) is 44.8 Å². The van der Waals surface area contributed by atoms with Crippen LogP contribution in [0.5, 0.6) is 0 Å². The van der Waals surface area contributed by atoms with Crippen molar-refractivity contribution in [2.75, 3.05) is 6.61 Å². The summed E-state index contributed by atoms with van der Waals surface area (Å²) in [6, 6.07) is 0. The first-order valence-corrected chi connectivity index (χ1v) is 5.10. The lowest BCUT2D eigenvalue weighted by molar-refractivity contribution is -0.122. The van der Waals surface area contributed by atoms with E-state index < -0.39 is 5.54 Å². The highest BCUT2D eigenvalue weighted by atomic mass is 16.5. The number of aliphatic imine (C=N–C) groups is 1. The molecule has 0 spiro atoms. The van der Waals surface area contributed by atoms with Gasteiger partial charge in [-0.2, -0.15) is 0 Å². The molecule has 0 bridgehead atoms. The molecule has 0 aromatic rings. The largest absolute Gasteiger partial charge is 0.378 e. The SMILES string of the molecule is CC1(C)N=C(CC2CCCO2)NC1=O. The van der Waals surface area contributed by atoms with Crippen LogP contribution in [0.1, 0.15) is 33.1 Å². The number of rotatable bonds is 2. The van der Waals surface area contributed by atoms with Crippen LogP contribution >= 0.6 is 0 Å². The van der Waals surface area contributed by atoms with Gasteiger partial charge in [0.1, 0.15) is 11.4 Å². The molecule has 4 heteroatoms. The fourth-order valence-electron chi connectivity index (χ4n) is 1.82. The first-order chi connectivity index (χ1) is 6.58. The Morgan fingerprint density at radius 2 is 2.43 bits per heavy atom. The summed E-state index contributed by atoms with van der Waals surface area (Å²) in [5.74, 6) is 0.775. The van der Waals surface area contributed by atoms with Crippen molar-refractivity contribution in [3.8, 4) is 0 Å². The molecule has 0 radical (unpaired) electrons. The summed E-state index contributed by atoms with van der Waals surface area (Å²) >= 11 is 0. The molecule has 1 atom stereocenters. The Kier molecular flexibility index (Phi) is 2.31. The quantitative estimate of drug-likeness (QED) is 0.712. The van der Waals surface area contributed by atoms with Crippen LogP contribution in [0.25, 0.3) is 0 Å². The first kappa shape index (κ1) is 9.65. The highest BCUT2D eigenvalue weighted by molar-refractivity contribution is 6.07. The van der Waals surface area contributed by atoms with Crippen molar-refractivity contribution in [3.63, 3.8) is 0 Å². The van der Waals surface area contributed by atoms with Crippen LogP contribution in [0.2, 0.25) is 0 Å². The fraction of sp³-hybridized carbons (Fsp3) is 0.800. The van der Waals surface area contributed by atoms with E-state index in [1.165, 1.54) is 0 Å². The van der Waals surface area contributed by atoms with Gasteiger partial charge in [-0.25, -0.2) is 0 Å². The van der Waals surface area contributed by atoms with Gasteiger partial charge in [-0.05, 0) is 26.7 Å². The number of amidine groups is 1. The van der Waals surface area contributed by atoms with Gasteiger partial charge in [0, 0.05) is 13.0 Å². The molecule has 0 aliphatic carbocycles. The van der Waals surface area contributed by atoms with E-state index in [1.807, 2.05) is 13.8 Å². The van der Waals surface area contributed by atoms with Gasteiger partial charge < -0.3 is 10.1 Å². The zero-order valence-corrected chi connectivity index (χ0v) is 8.67. The van der Waals surface area contributed by atoms with E-state index in [4.69, 9.17) is 4.74 Å². The van der Waals surface area contributed by atoms with E-state index in [0.29, 0.717) is 0 Å². The van der Waals surface area contributed by atoms with Gasteiger partial charge in [0.15, 0.2) is 0 Å². The Balaban J connectivity index is 1.96. The maximum atomic E-state index is 11.4. The molecule has 78 valence electrons. The molecule has 14 heavy (non-hydrogen) atoms. The molecule has 4 nitrogen and oxygen atoms in total. The molecule has 2 heterocycles. The summed E-state index contributed by atoms with van der Waals surface area (Å²) in [5.41, 5.74) is -0.589. The number of nitrogens with zero attached hydrogens (tertiary/aromatic N) is 1. The van der Waals surface area contributed by atoms with Crippen LogP contribution in [-0.2, 0) is 9.53 Å². The number of carbonyl (C=O) groups is 1. The van der Waals surface area contributed by atoms with E-state index in [1.54, 1.807) is 0 Å². The lowest BCUT2D eigenvalue weighted by Gasteiger charge is -2.07. The van der Waals surface area contributed by atoms with Crippen molar-refractivity contribution < 1.29 is 9.53 Å². The minimum atomic E-state index is -0.589. The monoisotopic (exact) mass is 196 g/mol. The third-order valence-corrected chi connectivity index (χ3v) is 2.67. The van der Waals surface area contributed by atoms with Gasteiger partial charge in [0.05, 0.1) is 6.10 Å². The van der Waals surface area contributed by atoms with Gasteiger partial charge in [-0.3, -0.25) is 9.79 Å². The minimum absolute atomic E-state index is 0.00880. The van der Waals surface area contributed by atoms with Crippen molar-refractivity contribution in [1.82, 2.24) is 5.32 Å². The summed E-state index contributed by atoms with van der Waals surface area (Å²) in [6.45, 7) is 4.49. The molecule has 2 aliphatic rings. The average Bonchev–Trinajstić information content (AvgIpc) is 2.62. The van der Waals surface area contributed by atoms with Crippen LogP contribution in [0.3, 0.4) is 0 Å². The fourth-order valence-corrected chi connectivity index (χ4v) is 1.82. The third-order valence-electron chi connectivity index (χ3n) is 2.67. The van der Waals surface area contributed by atoms with E-state index in [-0.39, 0.29) is 12.0 Å². The normalized spacial score (nSPS) is 30.3. The van der Waals surface area contributed by atoms with Gasteiger partial charge in [-0.15, -0.1) is 0 Å². The number of ether oxygens (including phenoxy) is 1. The maximum absolute atomic E-state index is 11.4. The summed E-state index contributed by atoms with van der Waals surface area (Å²) < 4.78 is 5.49. The molecule has 0 saturated carbocycles. The lowest BCUT2D eigenvalue weighted by Crippen LogP contribution is -2.35. The Labute approximate surface area is 83.7 Å². The first-order valence-electron chi connectivity index (χ1n) is 5.10. The molecule has 1 saturated heterocycles. The summed E-state index contributed by atoms with van der Waals surface area (Å²) in [4.78, 5) is 15.8. The van der Waals surface area contributed by atoms with E-state index in [2.05, 4.69) is 10.3 Å². The topological polar surface area (TPSA) is 50.7 Å². The minimum Gasteiger partial charge on any atom is -0.378 e. The van der Waals surface area contributed by atoms with E-state index in [9.17, 15) is 4.79 Å². The van der Waals surface area contributed by atoms with Crippen LogP contribution < -0.4 is 5.32 Å². The van der Waals surface area contributed by atoms with Crippen molar-refractivity contribution >= 4 is 11.7 Å². The number of amides is 1. The number of hydrogen-bond donors (Lipinski definition) is 1. The molecular formula is C10H16N2O2. The second kappa shape index (κ2) is 3.35. The van der Waals surface area contributed by atoms with Gasteiger partial charge in [0.2, 0.25) is 0 Å². The number of carbonyl (C=O) groups excluding carboxylic acids is 1. The molecular weight excluding hydrogens is 180 g/mol. The van der Waals surface area contributed by atoms with Crippen LogP contribution in [-0.4, -0.2) is 30.0 Å². The summed E-state index contributed by atoms with van der Waals surface area (Å²) in [7, 11) is 0. The second-order valence-electron chi connectivity index (χ2n) is 4.41. The zero-order valence-electron chi connectivity index (χ0n) is 8.67. The predicted octanol–water partition coefficient (Wildman–Crippen LogP) is 0.862. The molecule has 1 N–H and O–H groups in total. The highest BCUT2D eigenvalue weighted by Crippen LogP contribution is 2.20. The Morgan fingerprint density at radius 1 is 1.64 bits per heavy atom. The zero-order chi connectivity index (χ0) is 10.2. The van der Waals surface area contributed by atoms with Gasteiger partial charge >= 0.3 is 0 Å². The highest BCUT2D eigenvalue weighted by Gasteiger charge is 2.35. The van der Waals surface area contributed by atoms with Crippen LogP contribution in [0, 0.1) is 0 Å². The smallest absolute Gasteiger partial charge is 0.252 e.